The molecule has 0 aromatic heterocycles. The Labute approximate surface area is 186 Å². The smallest absolute Gasteiger partial charge is 0.0717 e. The second-order valence-corrected chi connectivity index (χ2v) is 14.9. The summed E-state index contributed by atoms with van der Waals surface area (Å²) in [5, 5.41) is 0.848. The van der Waals surface area contributed by atoms with Gasteiger partial charge in [-0.1, -0.05) is 82.3 Å². The SMILES string of the molecule is CC.CC1(C)C2CC1C(COCc1ccccc1)[C@@H](S(C)(C)C13C=CC=CC1C3)C2. The van der Waals surface area contributed by atoms with Crippen molar-refractivity contribution in [3.8, 4) is 0 Å². The molecule has 4 fully saturated rings. The number of hydrogen-bond donors (Lipinski definition) is 0. The summed E-state index contributed by atoms with van der Waals surface area (Å²) in [4.78, 5) is 0. The quantitative estimate of drug-likeness (QED) is 0.466. The first-order chi connectivity index (χ1) is 14.4. The van der Waals surface area contributed by atoms with E-state index in [-0.39, 0.29) is 0 Å². The molecule has 1 aromatic rings. The lowest BCUT2D eigenvalue weighted by atomic mass is 9.45. The van der Waals surface area contributed by atoms with Crippen LogP contribution in [0.4, 0.5) is 0 Å². The first-order valence-electron chi connectivity index (χ1n) is 12.1. The molecule has 0 aliphatic heterocycles. The Hall–Kier alpha value is -0.990. The molecule has 1 aromatic carbocycles. The molecule has 0 N–H and O–H groups in total. The molecular weight excluding hydrogens is 384 g/mol. The van der Waals surface area contributed by atoms with Gasteiger partial charge in [0, 0.05) is 4.75 Å². The monoisotopic (exact) mass is 426 g/mol. The maximum atomic E-state index is 6.39. The first-order valence-corrected chi connectivity index (χ1v) is 14.6. The number of rotatable bonds is 6. The van der Waals surface area contributed by atoms with E-state index in [9.17, 15) is 0 Å². The van der Waals surface area contributed by atoms with Gasteiger partial charge in [0.2, 0.25) is 0 Å². The molecule has 6 rings (SSSR count). The van der Waals surface area contributed by atoms with Crippen LogP contribution in [0, 0.1) is 29.1 Å². The molecular formula is C28H42OS. The summed E-state index contributed by atoms with van der Waals surface area (Å²) >= 11 is 0. The van der Waals surface area contributed by atoms with Crippen LogP contribution in [0.5, 0.6) is 0 Å². The normalized spacial score (nSPS) is 38.0. The van der Waals surface area contributed by atoms with Crippen LogP contribution in [0.15, 0.2) is 54.6 Å². The van der Waals surface area contributed by atoms with E-state index < -0.39 is 10.0 Å². The van der Waals surface area contributed by atoms with E-state index >= 15 is 0 Å². The fourth-order valence-electron chi connectivity index (χ4n) is 6.87. The van der Waals surface area contributed by atoms with Crippen LogP contribution in [-0.2, 0) is 11.3 Å². The van der Waals surface area contributed by atoms with Crippen LogP contribution in [0.3, 0.4) is 0 Å². The van der Waals surface area contributed by atoms with Gasteiger partial charge in [0.05, 0.1) is 13.2 Å². The summed E-state index contributed by atoms with van der Waals surface area (Å²) in [6.45, 7) is 10.7. The van der Waals surface area contributed by atoms with Crippen LogP contribution in [-0.4, -0.2) is 29.1 Å². The Bertz CT molecular complexity index is 792. The van der Waals surface area contributed by atoms with Gasteiger partial charge >= 0.3 is 0 Å². The molecule has 5 unspecified atom stereocenters. The molecule has 30 heavy (non-hydrogen) atoms. The summed E-state index contributed by atoms with van der Waals surface area (Å²) in [5.41, 5.74) is 1.81. The van der Waals surface area contributed by atoms with E-state index in [0.717, 1.165) is 42.1 Å². The Kier molecular flexibility index (Phi) is 6.05. The zero-order valence-electron chi connectivity index (χ0n) is 19.9. The number of hydrogen-bond acceptors (Lipinski definition) is 1. The number of benzene rings is 1. The molecule has 0 spiro atoms. The van der Waals surface area contributed by atoms with Crippen molar-refractivity contribution in [2.75, 3.05) is 19.1 Å². The van der Waals surface area contributed by atoms with Gasteiger partial charge in [-0.3, -0.25) is 0 Å². The van der Waals surface area contributed by atoms with Gasteiger partial charge in [0.25, 0.3) is 0 Å². The molecule has 5 aliphatic carbocycles. The van der Waals surface area contributed by atoms with E-state index in [1.54, 1.807) is 0 Å². The summed E-state index contributed by atoms with van der Waals surface area (Å²) in [6.07, 6.45) is 19.2. The lowest BCUT2D eigenvalue weighted by molar-refractivity contribution is -0.122. The molecule has 0 radical (unpaired) electrons. The molecule has 1 nitrogen and oxygen atoms in total. The van der Waals surface area contributed by atoms with E-state index in [0.29, 0.717) is 10.2 Å². The Morgan fingerprint density at radius 1 is 1.03 bits per heavy atom. The standard InChI is InChI=1S/C26H36OS.C2H6/c1-25(2)21-14-23(25)22(18-27-17-19-10-6-5-7-11-19)24(15-21)28(3,4)26-13-9-8-12-20(26)16-26;1-2/h5-13,20-24H,14-18H2,1-4H3;1-2H3/t20?,21?,22?,23?,24-,26?;/m0./s1. The van der Waals surface area contributed by atoms with E-state index in [1.165, 1.54) is 24.8 Å². The Morgan fingerprint density at radius 3 is 2.43 bits per heavy atom. The lowest BCUT2D eigenvalue weighted by Gasteiger charge is -2.67. The second-order valence-electron chi connectivity index (χ2n) is 10.7. The predicted octanol–water partition coefficient (Wildman–Crippen LogP) is 7.23. The Balaban J connectivity index is 0.00000106. The van der Waals surface area contributed by atoms with Gasteiger partial charge in [-0.25, -0.2) is 10.0 Å². The molecule has 0 heterocycles. The minimum atomic E-state index is -0.726. The molecule has 2 heteroatoms. The minimum Gasteiger partial charge on any atom is -0.376 e. The summed E-state index contributed by atoms with van der Waals surface area (Å²) in [6, 6.07) is 10.7. The number of fused-ring (bicyclic) bond motifs is 3. The highest BCUT2D eigenvalue weighted by molar-refractivity contribution is 8.34. The van der Waals surface area contributed by atoms with Crippen LogP contribution in [0.2, 0.25) is 0 Å². The van der Waals surface area contributed by atoms with Crippen molar-refractivity contribution in [1.82, 2.24) is 0 Å². The van der Waals surface area contributed by atoms with Crippen LogP contribution in [0.25, 0.3) is 0 Å². The maximum Gasteiger partial charge on any atom is 0.0717 e. The van der Waals surface area contributed by atoms with Crippen molar-refractivity contribution in [2.45, 2.75) is 63.6 Å². The van der Waals surface area contributed by atoms with E-state index in [4.69, 9.17) is 4.74 Å². The molecule has 2 bridgehead atoms. The Morgan fingerprint density at radius 2 is 1.77 bits per heavy atom. The summed E-state index contributed by atoms with van der Waals surface area (Å²) in [7, 11) is -0.726. The van der Waals surface area contributed by atoms with Crippen molar-refractivity contribution in [3.63, 3.8) is 0 Å². The van der Waals surface area contributed by atoms with Crippen LogP contribution < -0.4 is 0 Å². The highest BCUT2D eigenvalue weighted by atomic mass is 32.3. The van der Waals surface area contributed by atoms with Crippen molar-refractivity contribution in [3.05, 3.63) is 60.2 Å². The number of ether oxygens (including phenoxy) is 1. The van der Waals surface area contributed by atoms with Crippen LogP contribution in [0.1, 0.15) is 52.5 Å². The highest BCUT2D eigenvalue weighted by Gasteiger charge is 2.66. The predicted molar refractivity (Wildman–Crippen MR) is 133 cm³/mol. The highest BCUT2D eigenvalue weighted by Crippen LogP contribution is 2.78. The minimum absolute atomic E-state index is 0.484. The summed E-state index contributed by atoms with van der Waals surface area (Å²) in [5.74, 6) is 3.30. The fraction of sp³-hybridized carbons (Fsp3) is 0.643. The first kappa shape index (κ1) is 22.2. The molecule has 6 atom stereocenters. The van der Waals surface area contributed by atoms with Gasteiger partial charge in [0.15, 0.2) is 0 Å². The van der Waals surface area contributed by atoms with Crippen molar-refractivity contribution >= 4 is 10.0 Å². The van der Waals surface area contributed by atoms with Crippen LogP contribution >= 0.6 is 10.0 Å². The van der Waals surface area contributed by atoms with Gasteiger partial charge in [-0.15, -0.1) is 0 Å². The van der Waals surface area contributed by atoms with Gasteiger partial charge in [-0.2, -0.15) is 0 Å². The second kappa shape index (κ2) is 8.17. The molecule has 4 saturated carbocycles. The average molecular weight is 427 g/mol. The zero-order chi connectivity index (χ0) is 21.6. The van der Waals surface area contributed by atoms with Gasteiger partial charge < -0.3 is 4.74 Å². The maximum absolute atomic E-state index is 6.39. The van der Waals surface area contributed by atoms with Gasteiger partial charge in [0.1, 0.15) is 0 Å². The van der Waals surface area contributed by atoms with Crippen molar-refractivity contribution in [1.29, 1.82) is 0 Å². The van der Waals surface area contributed by atoms with Crippen molar-refractivity contribution < 1.29 is 4.74 Å². The largest absolute Gasteiger partial charge is 0.376 e. The van der Waals surface area contributed by atoms with E-state index in [1.807, 2.05) is 13.8 Å². The third kappa shape index (κ3) is 3.43. The zero-order valence-corrected chi connectivity index (χ0v) is 20.8. The lowest BCUT2D eigenvalue weighted by Crippen LogP contribution is -2.60. The van der Waals surface area contributed by atoms with E-state index in [2.05, 4.69) is 81.0 Å². The van der Waals surface area contributed by atoms with Gasteiger partial charge in [-0.05, 0) is 71.7 Å². The topological polar surface area (TPSA) is 9.23 Å². The molecule has 0 amide bonds. The van der Waals surface area contributed by atoms with Crippen molar-refractivity contribution in [2.24, 2.45) is 29.1 Å². The molecule has 5 aliphatic rings. The fourth-order valence-corrected chi connectivity index (χ4v) is 11.2. The summed E-state index contributed by atoms with van der Waals surface area (Å²) < 4.78 is 6.87. The molecule has 166 valence electrons. The third-order valence-corrected chi connectivity index (χ3v) is 13.7. The third-order valence-electron chi connectivity index (χ3n) is 9.06. The number of allylic oxidation sites excluding steroid dienone is 3. The molecule has 0 saturated heterocycles. The average Bonchev–Trinajstić information content (AvgIpc) is 3.52.